The third-order valence-electron chi connectivity index (χ3n) is 2.46. The predicted molar refractivity (Wildman–Crippen MR) is 52.8 cm³/mol. The van der Waals surface area contributed by atoms with Crippen molar-refractivity contribution in [3.8, 4) is 0 Å². The van der Waals surface area contributed by atoms with Crippen molar-refractivity contribution >= 4 is 5.82 Å². The van der Waals surface area contributed by atoms with E-state index in [1.807, 2.05) is 11.0 Å². The van der Waals surface area contributed by atoms with Gasteiger partial charge in [-0.15, -0.1) is 5.10 Å². The zero-order chi connectivity index (χ0) is 9.97. The first-order valence-corrected chi connectivity index (χ1v) is 4.75. The van der Waals surface area contributed by atoms with Crippen LogP contribution in [0.25, 0.3) is 0 Å². The number of β-amino-alcohol motifs (C(OH)–C–C–N with tert-alkyl or cyclic N) is 1. The van der Waals surface area contributed by atoms with E-state index in [0.717, 1.165) is 24.3 Å². The molecule has 14 heavy (non-hydrogen) atoms. The summed E-state index contributed by atoms with van der Waals surface area (Å²) < 4.78 is 0. The molecular formula is C9H14N4O. The first-order chi connectivity index (χ1) is 6.81. The van der Waals surface area contributed by atoms with Crippen LogP contribution in [0, 0.1) is 0 Å². The molecule has 3 N–H and O–H groups in total. The summed E-state index contributed by atoms with van der Waals surface area (Å²) in [7, 11) is 0. The van der Waals surface area contributed by atoms with Gasteiger partial charge in [0.1, 0.15) is 0 Å². The van der Waals surface area contributed by atoms with Gasteiger partial charge in [-0.05, 0) is 12.5 Å². The van der Waals surface area contributed by atoms with Crippen molar-refractivity contribution in [3.05, 3.63) is 17.8 Å². The molecule has 5 nitrogen and oxygen atoms in total. The minimum absolute atomic E-state index is 0.248. The largest absolute Gasteiger partial charge is 0.391 e. The lowest BCUT2D eigenvalue weighted by Crippen LogP contribution is -2.24. The molecule has 0 amide bonds. The van der Waals surface area contributed by atoms with Gasteiger partial charge in [-0.2, -0.15) is 5.10 Å². The molecule has 1 fully saturated rings. The Balaban J connectivity index is 2.22. The molecule has 5 heteroatoms. The third-order valence-corrected chi connectivity index (χ3v) is 2.46. The third kappa shape index (κ3) is 1.69. The van der Waals surface area contributed by atoms with Crippen LogP contribution in [0.2, 0.25) is 0 Å². The molecule has 1 aromatic rings. The van der Waals surface area contributed by atoms with Gasteiger partial charge in [0.05, 0.1) is 12.3 Å². The van der Waals surface area contributed by atoms with Crippen molar-refractivity contribution in [2.45, 2.75) is 19.1 Å². The number of nitrogens with two attached hydrogens (primary N) is 1. The summed E-state index contributed by atoms with van der Waals surface area (Å²) in [4.78, 5) is 2.03. The van der Waals surface area contributed by atoms with E-state index in [2.05, 4.69) is 10.2 Å². The molecule has 1 saturated heterocycles. The van der Waals surface area contributed by atoms with Gasteiger partial charge in [0, 0.05) is 25.2 Å². The molecule has 0 bridgehead atoms. The smallest absolute Gasteiger partial charge is 0.155 e. The summed E-state index contributed by atoms with van der Waals surface area (Å²) in [6.07, 6.45) is 2.18. The fraction of sp³-hybridized carbons (Fsp3) is 0.556. The van der Waals surface area contributed by atoms with E-state index < -0.39 is 0 Å². The summed E-state index contributed by atoms with van der Waals surface area (Å²) in [6.45, 7) is 1.91. The SMILES string of the molecule is NCc1ccnnc1N1CCC(O)C1. The van der Waals surface area contributed by atoms with Crippen molar-refractivity contribution in [1.29, 1.82) is 0 Å². The Labute approximate surface area is 82.6 Å². The predicted octanol–water partition coefficient (Wildman–Crippen LogP) is -0.494. The summed E-state index contributed by atoms with van der Waals surface area (Å²) in [5, 5.41) is 17.3. The second-order valence-corrected chi connectivity index (χ2v) is 3.47. The van der Waals surface area contributed by atoms with Gasteiger partial charge in [0.2, 0.25) is 0 Å². The zero-order valence-corrected chi connectivity index (χ0v) is 7.93. The van der Waals surface area contributed by atoms with Gasteiger partial charge in [0.15, 0.2) is 5.82 Å². The number of anilines is 1. The summed E-state index contributed by atoms with van der Waals surface area (Å²) in [5.41, 5.74) is 6.58. The number of rotatable bonds is 2. The normalized spacial score (nSPS) is 21.6. The lowest BCUT2D eigenvalue weighted by atomic mass is 10.2. The van der Waals surface area contributed by atoms with Crippen LogP contribution in [-0.2, 0) is 6.54 Å². The number of aromatic nitrogens is 2. The average molecular weight is 194 g/mol. The van der Waals surface area contributed by atoms with E-state index in [1.165, 1.54) is 0 Å². The second kappa shape index (κ2) is 3.89. The van der Waals surface area contributed by atoms with Gasteiger partial charge in [-0.1, -0.05) is 0 Å². The standard InChI is InChI=1S/C9H14N4O/c10-5-7-1-3-11-12-9(7)13-4-2-8(14)6-13/h1,3,8,14H,2,4-6,10H2. The maximum atomic E-state index is 9.40. The topological polar surface area (TPSA) is 75.3 Å². The Morgan fingerprint density at radius 1 is 1.64 bits per heavy atom. The molecule has 0 aromatic carbocycles. The van der Waals surface area contributed by atoms with Crippen LogP contribution in [0.15, 0.2) is 12.3 Å². The second-order valence-electron chi connectivity index (χ2n) is 3.47. The average Bonchev–Trinajstić information content (AvgIpc) is 2.65. The molecule has 2 rings (SSSR count). The number of hydrogen-bond donors (Lipinski definition) is 2. The minimum Gasteiger partial charge on any atom is -0.391 e. The molecule has 1 aliphatic heterocycles. The van der Waals surface area contributed by atoms with Crippen LogP contribution in [0.5, 0.6) is 0 Å². The van der Waals surface area contributed by atoms with Crippen LogP contribution in [0.3, 0.4) is 0 Å². The van der Waals surface area contributed by atoms with Crippen molar-refractivity contribution in [3.63, 3.8) is 0 Å². The lowest BCUT2D eigenvalue weighted by Gasteiger charge is -2.18. The summed E-state index contributed by atoms with van der Waals surface area (Å²) in [5.74, 6) is 0.812. The maximum absolute atomic E-state index is 9.40. The zero-order valence-electron chi connectivity index (χ0n) is 7.93. The van der Waals surface area contributed by atoms with Crippen LogP contribution >= 0.6 is 0 Å². The first-order valence-electron chi connectivity index (χ1n) is 4.75. The van der Waals surface area contributed by atoms with Crippen LogP contribution < -0.4 is 10.6 Å². The van der Waals surface area contributed by atoms with Crippen molar-refractivity contribution in [2.24, 2.45) is 5.73 Å². The van der Waals surface area contributed by atoms with E-state index in [-0.39, 0.29) is 6.10 Å². The van der Waals surface area contributed by atoms with Gasteiger partial charge in [0.25, 0.3) is 0 Å². The molecule has 0 spiro atoms. The Morgan fingerprint density at radius 3 is 3.14 bits per heavy atom. The van der Waals surface area contributed by atoms with Crippen LogP contribution in [0.4, 0.5) is 5.82 Å². The molecule has 0 aliphatic carbocycles. The van der Waals surface area contributed by atoms with E-state index in [9.17, 15) is 5.11 Å². The van der Waals surface area contributed by atoms with E-state index in [4.69, 9.17) is 5.73 Å². The van der Waals surface area contributed by atoms with Gasteiger partial charge in [-0.25, -0.2) is 0 Å². The number of aliphatic hydroxyl groups excluding tert-OH is 1. The number of nitrogens with zero attached hydrogens (tertiary/aromatic N) is 3. The minimum atomic E-state index is -0.248. The maximum Gasteiger partial charge on any atom is 0.155 e. The summed E-state index contributed by atoms with van der Waals surface area (Å²) in [6, 6.07) is 1.87. The fourth-order valence-corrected chi connectivity index (χ4v) is 1.71. The number of aliphatic hydroxyl groups is 1. The monoisotopic (exact) mass is 194 g/mol. The summed E-state index contributed by atoms with van der Waals surface area (Å²) >= 11 is 0. The molecule has 76 valence electrons. The van der Waals surface area contributed by atoms with E-state index in [1.54, 1.807) is 6.20 Å². The fourth-order valence-electron chi connectivity index (χ4n) is 1.71. The molecule has 1 atom stereocenters. The van der Waals surface area contributed by atoms with Crippen LogP contribution in [0.1, 0.15) is 12.0 Å². The van der Waals surface area contributed by atoms with Gasteiger partial charge < -0.3 is 15.7 Å². The lowest BCUT2D eigenvalue weighted by molar-refractivity contribution is 0.198. The molecule has 1 aromatic heterocycles. The Bertz CT molecular complexity index is 317. The highest BCUT2D eigenvalue weighted by Gasteiger charge is 2.23. The van der Waals surface area contributed by atoms with Crippen molar-refractivity contribution in [1.82, 2.24) is 10.2 Å². The Morgan fingerprint density at radius 2 is 2.50 bits per heavy atom. The molecule has 1 aliphatic rings. The quantitative estimate of drug-likeness (QED) is 0.664. The molecular weight excluding hydrogens is 180 g/mol. The highest BCUT2D eigenvalue weighted by Crippen LogP contribution is 2.20. The highest BCUT2D eigenvalue weighted by atomic mass is 16.3. The van der Waals surface area contributed by atoms with Crippen molar-refractivity contribution in [2.75, 3.05) is 18.0 Å². The van der Waals surface area contributed by atoms with Gasteiger partial charge in [-0.3, -0.25) is 0 Å². The highest BCUT2D eigenvalue weighted by molar-refractivity contribution is 5.46. The van der Waals surface area contributed by atoms with E-state index in [0.29, 0.717) is 13.1 Å². The molecule has 0 saturated carbocycles. The Kier molecular flexibility index (Phi) is 2.60. The Hall–Kier alpha value is -1.20. The van der Waals surface area contributed by atoms with Crippen LogP contribution in [-0.4, -0.2) is 34.5 Å². The molecule has 2 heterocycles. The number of hydrogen-bond acceptors (Lipinski definition) is 5. The van der Waals surface area contributed by atoms with E-state index >= 15 is 0 Å². The first kappa shape index (κ1) is 9.36. The van der Waals surface area contributed by atoms with Crippen molar-refractivity contribution < 1.29 is 5.11 Å². The molecule has 1 unspecified atom stereocenters. The molecule has 0 radical (unpaired) electrons. The van der Waals surface area contributed by atoms with Gasteiger partial charge >= 0.3 is 0 Å².